The first-order valence-electron chi connectivity index (χ1n) is 11.1. The summed E-state index contributed by atoms with van der Waals surface area (Å²) in [4.78, 5) is 30.2. The van der Waals surface area contributed by atoms with E-state index >= 15 is 0 Å². The first-order chi connectivity index (χ1) is 18.3. The van der Waals surface area contributed by atoms with E-state index in [0.29, 0.717) is 12.1 Å². The van der Waals surface area contributed by atoms with E-state index in [1.54, 1.807) is 0 Å². The Hall–Kier alpha value is -4.13. The van der Waals surface area contributed by atoms with Crippen LogP contribution in [0.4, 0.5) is 36.4 Å². The fourth-order valence-corrected chi connectivity index (χ4v) is 4.66. The Balaban J connectivity index is 1.70. The van der Waals surface area contributed by atoms with Gasteiger partial charge in [-0.05, 0) is 36.4 Å². The Morgan fingerprint density at radius 1 is 1.13 bits per heavy atom. The number of benzene rings is 2. The number of aromatic nitrogens is 2. The van der Waals surface area contributed by atoms with Crippen LogP contribution in [0.1, 0.15) is 49.1 Å². The van der Waals surface area contributed by atoms with E-state index < -0.39 is 59.6 Å². The highest BCUT2D eigenvalue weighted by molar-refractivity contribution is 6.31. The number of halogens is 8. The van der Waals surface area contributed by atoms with E-state index in [0.717, 1.165) is 28.9 Å². The summed E-state index contributed by atoms with van der Waals surface area (Å²) in [6.07, 6.45) is -6.26. The Labute approximate surface area is 219 Å². The molecule has 3 heterocycles. The molecule has 1 unspecified atom stereocenters. The third kappa shape index (κ3) is 4.89. The summed E-state index contributed by atoms with van der Waals surface area (Å²) in [7, 11) is 0. The summed E-state index contributed by atoms with van der Waals surface area (Å²) in [5, 5.41) is 4.96. The van der Waals surface area contributed by atoms with Crippen molar-refractivity contribution in [2.45, 2.75) is 25.1 Å². The Kier molecular flexibility index (Phi) is 6.49. The van der Waals surface area contributed by atoms with E-state index in [-0.39, 0.29) is 44.8 Å². The second-order valence-electron chi connectivity index (χ2n) is 8.62. The monoisotopic (exact) mass is 570 g/mol. The molecular formula is C25H14ClF7N4O2. The van der Waals surface area contributed by atoms with Crippen LogP contribution in [0.3, 0.4) is 0 Å². The fourth-order valence-electron chi connectivity index (χ4n) is 4.43. The van der Waals surface area contributed by atoms with Gasteiger partial charge in [0.25, 0.3) is 11.8 Å². The number of imidazole rings is 1. The molecular weight excluding hydrogens is 557 g/mol. The van der Waals surface area contributed by atoms with Crippen LogP contribution in [-0.2, 0) is 12.6 Å². The summed E-state index contributed by atoms with van der Waals surface area (Å²) in [6, 6.07) is 3.40. The average Bonchev–Trinajstić information content (AvgIpc) is 3.40. The zero-order chi connectivity index (χ0) is 28.2. The van der Waals surface area contributed by atoms with Gasteiger partial charge in [0.05, 0.1) is 29.3 Å². The highest BCUT2D eigenvalue weighted by Gasteiger charge is 2.38. The molecule has 1 aliphatic rings. The molecule has 0 fully saturated rings. The lowest BCUT2D eigenvalue weighted by atomic mass is 9.97. The van der Waals surface area contributed by atoms with Crippen molar-refractivity contribution in [3.8, 4) is 0 Å². The molecule has 14 heteroatoms. The normalized spacial score (nSPS) is 15.1. The number of hydrogen-bond acceptors (Lipinski definition) is 3. The van der Waals surface area contributed by atoms with Crippen molar-refractivity contribution in [1.82, 2.24) is 14.7 Å². The van der Waals surface area contributed by atoms with Crippen LogP contribution in [0, 0.1) is 11.6 Å². The average molecular weight is 571 g/mol. The molecule has 0 radical (unpaired) electrons. The van der Waals surface area contributed by atoms with Gasteiger partial charge in [-0.3, -0.25) is 9.59 Å². The number of amides is 2. The van der Waals surface area contributed by atoms with Crippen molar-refractivity contribution in [3.63, 3.8) is 0 Å². The van der Waals surface area contributed by atoms with E-state index in [2.05, 4.69) is 15.6 Å². The molecule has 5 rings (SSSR count). The molecule has 2 aromatic heterocycles. The SMILES string of the molecule is O=C(Nc1cn2c(CC(F)F)cnc2c2c1C(c1cc(F)ccc1Cl)NC2=O)c1cc(F)cc(C(F)(F)F)c1. The maximum absolute atomic E-state index is 14.1. The summed E-state index contributed by atoms with van der Waals surface area (Å²) in [5.74, 6) is -3.98. The zero-order valence-corrected chi connectivity index (χ0v) is 20.0. The van der Waals surface area contributed by atoms with Crippen LogP contribution in [0.5, 0.6) is 0 Å². The van der Waals surface area contributed by atoms with Gasteiger partial charge in [0, 0.05) is 39.8 Å². The highest BCUT2D eigenvalue weighted by Crippen LogP contribution is 2.41. The molecule has 0 aliphatic carbocycles. The van der Waals surface area contributed by atoms with Gasteiger partial charge < -0.3 is 15.0 Å². The van der Waals surface area contributed by atoms with Gasteiger partial charge in [0.15, 0.2) is 0 Å². The second kappa shape index (κ2) is 9.56. The lowest BCUT2D eigenvalue weighted by Gasteiger charge is -2.19. The number of hydrogen-bond donors (Lipinski definition) is 2. The van der Waals surface area contributed by atoms with Crippen molar-refractivity contribution >= 4 is 34.7 Å². The number of rotatable bonds is 5. The molecule has 6 nitrogen and oxygen atoms in total. The minimum Gasteiger partial charge on any atom is -0.341 e. The molecule has 1 aliphatic heterocycles. The number of carbonyl (C=O) groups excluding carboxylic acids is 2. The third-order valence-electron chi connectivity index (χ3n) is 6.07. The van der Waals surface area contributed by atoms with Crippen LogP contribution >= 0.6 is 11.6 Å². The molecule has 2 amide bonds. The zero-order valence-electron chi connectivity index (χ0n) is 19.2. The molecule has 0 spiro atoms. The summed E-state index contributed by atoms with van der Waals surface area (Å²) < 4.78 is 95.1. The van der Waals surface area contributed by atoms with Gasteiger partial charge in [0.1, 0.15) is 17.3 Å². The Morgan fingerprint density at radius 2 is 1.87 bits per heavy atom. The number of nitrogens with one attached hydrogen (secondary N) is 2. The minimum atomic E-state index is -4.95. The summed E-state index contributed by atoms with van der Waals surface area (Å²) in [6.45, 7) is 0. The van der Waals surface area contributed by atoms with E-state index in [1.807, 2.05) is 0 Å². The molecule has 1 atom stereocenters. The van der Waals surface area contributed by atoms with Crippen molar-refractivity contribution in [1.29, 1.82) is 0 Å². The minimum absolute atomic E-state index is 0.00925. The molecule has 0 bridgehead atoms. The fraction of sp³-hybridized carbons (Fsp3) is 0.160. The predicted molar refractivity (Wildman–Crippen MR) is 125 cm³/mol. The predicted octanol–water partition coefficient (Wildman–Crippen LogP) is 6.18. The smallest absolute Gasteiger partial charge is 0.341 e. The quantitative estimate of drug-likeness (QED) is 0.282. The maximum Gasteiger partial charge on any atom is 0.416 e. The van der Waals surface area contributed by atoms with E-state index in [1.165, 1.54) is 6.07 Å². The lowest BCUT2D eigenvalue weighted by molar-refractivity contribution is -0.137. The third-order valence-corrected chi connectivity index (χ3v) is 6.42. The standard InChI is InChI=1S/C25H14ClF7N4O2/c26-16-2-1-12(27)6-15(16)21-19-17(35-23(38)10-3-11(25(31,32)33)5-13(28)4-10)9-37-14(7-18(29)30)8-34-22(37)20(19)24(39)36-21/h1-6,8-9,18,21H,7H2,(H,35,38)(H,36,39). The molecule has 4 aromatic rings. The highest BCUT2D eigenvalue weighted by atomic mass is 35.5. The van der Waals surface area contributed by atoms with Crippen LogP contribution in [0.25, 0.3) is 5.65 Å². The van der Waals surface area contributed by atoms with Crippen LogP contribution in [0.2, 0.25) is 5.02 Å². The van der Waals surface area contributed by atoms with Crippen molar-refractivity contribution in [2.24, 2.45) is 0 Å². The van der Waals surface area contributed by atoms with Crippen LogP contribution in [-0.4, -0.2) is 27.6 Å². The maximum atomic E-state index is 14.1. The number of carbonyl (C=O) groups is 2. The van der Waals surface area contributed by atoms with Gasteiger partial charge in [0.2, 0.25) is 6.43 Å². The number of fused-ring (bicyclic) bond motifs is 3. The first-order valence-corrected chi connectivity index (χ1v) is 11.5. The second-order valence-corrected chi connectivity index (χ2v) is 9.03. The molecule has 0 saturated heterocycles. The van der Waals surface area contributed by atoms with Gasteiger partial charge in [-0.2, -0.15) is 13.2 Å². The van der Waals surface area contributed by atoms with Crippen LogP contribution < -0.4 is 10.6 Å². The van der Waals surface area contributed by atoms with Crippen LogP contribution in [0.15, 0.2) is 48.8 Å². The lowest BCUT2D eigenvalue weighted by Crippen LogP contribution is -2.21. The number of alkyl halides is 5. The van der Waals surface area contributed by atoms with Gasteiger partial charge in [-0.15, -0.1) is 0 Å². The topological polar surface area (TPSA) is 75.5 Å². The molecule has 0 saturated carbocycles. The van der Waals surface area contributed by atoms with Crippen molar-refractivity contribution in [2.75, 3.05) is 5.32 Å². The molecule has 2 N–H and O–H groups in total. The molecule has 202 valence electrons. The Morgan fingerprint density at radius 3 is 2.56 bits per heavy atom. The largest absolute Gasteiger partial charge is 0.416 e. The number of pyridine rings is 1. The number of anilines is 1. The van der Waals surface area contributed by atoms with Crippen molar-refractivity contribution in [3.05, 3.63) is 99.0 Å². The summed E-state index contributed by atoms with van der Waals surface area (Å²) >= 11 is 6.24. The van der Waals surface area contributed by atoms with Crippen molar-refractivity contribution < 1.29 is 40.3 Å². The van der Waals surface area contributed by atoms with Gasteiger partial charge >= 0.3 is 6.18 Å². The summed E-state index contributed by atoms with van der Waals surface area (Å²) in [5.41, 5.74) is -2.50. The number of nitrogens with zero attached hydrogens (tertiary/aromatic N) is 2. The van der Waals surface area contributed by atoms with Gasteiger partial charge in [-0.1, -0.05) is 11.6 Å². The Bertz CT molecular complexity index is 1650. The van der Waals surface area contributed by atoms with E-state index in [9.17, 15) is 40.3 Å². The van der Waals surface area contributed by atoms with E-state index in [4.69, 9.17) is 11.6 Å². The molecule has 39 heavy (non-hydrogen) atoms. The first kappa shape index (κ1) is 26.5. The molecule has 2 aromatic carbocycles. The van der Waals surface area contributed by atoms with Gasteiger partial charge in [-0.25, -0.2) is 22.5 Å².